The number of benzene rings is 1. The van der Waals surface area contributed by atoms with Gasteiger partial charge in [0.15, 0.2) is 5.41 Å². The molecule has 5 heteroatoms. The lowest BCUT2D eigenvalue weighted by molar-refractivity contribution is -0.207. The molecule has 0 unspecified atom stereocenters. The van der Waals surface area contributed by atoms with E-state index < -0.39 is 23.5 Å². The molecule has 0 radical (unpaired) electrons. The third-order valence-electron chi connectivity index (χ3n) is 3.31. The lowest BCUT2D eigenvalue weighted by atomic mass is 9.98. The van der Waals surface area contributed by atoms with E-state index in [-0.39, 0.29) is 13.0 Å². The van der Waals surface area contributed by atoms with Crippen molar-refractivity contribution in [3.8, 4) is 0 Å². The summed E-state index contributed by atoms with van der Waals surface area (Å²) < 4.78 is 43.9. The van der Waals surface area contributed by atoms with Crippen molar-refractivity contribution in [1.82, 2.24) is 0 Å². The molecule has 0 saturated heterocycles. The number of esters is 1. The van der Waals surface area contributed by atoms with E-state index in [1.807, 2.05) is 0 Å². The molecule has 0 aliphatic heterocycles. The zero-order chi connectivity index (χ0) is 13.4. The number of halogens is 3. The third-order valence-corrected chi connectivity index (χ3v) is 3.31. The van der Waals surface area contributed by atoms with Gasteiger partial charge in [-0.3, -0.25) is 4.79 Å². The minimum Gasteiger partial charge on any atom is -0.465 e. The van der Waals surface area contributed by atoms with Crippen molar-refractivity contribution in [1.29, 1.82) is 0 Å². The Hall–Kier alpha value is -1.52. The first-order valence-electron chi connectivity index (χ1n) is 5.72. The maximum absolute atomic E-state index is 13.1. The molecule has 1 aromatic rings. The van der Waals surface area contributed by atoms with Crippen molar-refractivity contribution in [3.63, 3.8) is 0 Å². The van der Waals surface area contributed by atoms with Crippen LogP contribution in [0.2, 0.25) is 0 Å². The summed E-state index contributed by atoms with van der Waals surface area (Å²) >= 11 is 0. The number of rotatable bonds is 3. The van der Waals surface area contributed by atoms with Gasteiger partial charge in [-0.15, -0.1) is 0 Å². The summed E-state index contributed by atoms with van der Waals surface area (Å²) in [7, 11) is 0. The fourth-order valence-corrected chi connectivity index (χ4v) is 2.27. The van der Waals surface area contributed by atoms with Crippen LogP contribution in [-0.2, 0) is 9.53 Å². The van der Waals surface area contributed by atoms with E-state index in [9.17, 15) is 18.0 Å². The normalized spacial score (nSPS) is 26.8. The number of carbonyl (C=O) groups excluding carboxylic acids is 1. The third kappa shape index (κ3) is 1.87. The molecule has 0 N–H and O–H groups in total. The zero-order valence-corrected chi connectivity index (χ0v) is 9.83. The number of ether oxygens (including phenoxy) is 1. The fourth-order valence-electron chi connectivity index (χ4n) is 2.27. The van der Waals surface area contributed by atoms with E-state index >= 15 is 0 Å². The first-order chi connectivity index (χ1) is 8.43. The van der Waals surface area contributed by atoms with E-state index in [2.05, 4.69) is 4.74 Å². The molecule has 1 aliphatic rings. The Labute approximate surface area is 103 Å². The van der Waals surface area contributed by atoms with E-state index in [1.165, 1.54) is 6.92 Å². The highest BCUT2D eigenvalue weighted by atomic mass is 19.4. The second-order valence-corrected chi connectivity index (χ2v) is 4.36. The van der Waals surface area contributed by atoms with Crippen LogP contribution in [0, 0.1) is 5.41 Å². The van der Waals surface area contributed by atoms with Gasteiger partial charge < -0.3 is 4.74 Å². The molecule has 98 valence electrons. The SMILES string of the molecule is CCOC(=O)[C@]1(C(F)(F)F)C[C@@H]1c1ccccc1. The van der Waals surface area contributed by atoms with Crippen LogP contribution < -0.4 is 0 Å². The highest BCUT2D eigenvalue weighted by Crippen LogP contribution is 2.67. The first kappa shape index (κ1) is 12.9. The minimum atomic E-state index is -4.57. The quantitative estimate of drug-likeness (QED) is 0.778. The molecular weight excluding hydrogens is 245 g/mol. The first-order valence-corrected chi connectivity index (χ1v) is 5.72. The molecule has 18 heavy (non-hydrogen) atoms. The van der Waals surface area contributed by atoms with E-state index in [0.29, 0.717) is 5.56 Å². The van der Waals surface area contributed by atoms with Gasteiger partial charge in [0.25, 0.3) is 0 Å². The summed E-state index contributed by atoms with van der Waals surface area (Å²) in [5.74, 6) is -1.98. The van der Waals surface area contributed by atoms with Crippen LogP contribution in [0.25, 0.3) is 0 Å². The topological polar surface area (TPSA) is 26.3 Å². The van der Waals surface area contributed by atoms with Crippen molar-refractivity contribution < 1.29 is 22.7 Å². The molecular formula is C13H13F3O2. The monoisotopic (exact) mass is 258 g/mol. The number of carbonyl (C=O) groups is 1. The van der Waals surface area contributed by atoms with Crippen LogP contribution in [0.4, 0.5) is 13.2 Å². The second kappa shape index (κ2) is 4.30. The van der Waals surface area contributed by atoms with E-state index in [4.69, 9.17) is 0 Å². The van der Waals surface area contributed by atoms with Gasteiger partial charge in [-0.25, -0.2) is 0 Å². The molecule has 0 spiro atoms. The highest BCUT2D eigenvalue weighted by molar-refractivity contribution is 5.83. The Bertz CT molecular complexity index is 441. The van der Waals surface area contributed by atoms with Crippen molar-refractivity contribution in [2.24, 2.45) is 5.41 Å². The van der Waals surface area contributed by atoms with Gasteiger partial charge >= 0.3 is 12.1 Å². The van der Waals surface area contributed by atoms with Gasteiger partial charge in [-0.05, 0) is 18.9 Å². The summed E-state index contributed by atoms with van der Waals surface area (Å²) in [6.45, 7) is 1.46. The van der Waals surface area contributed by atoms with Gasteiger partial charge in [-0.1, -0.05) is 30.3 Å². The molecule has 1 fully saturated rings. The number of alkyl halides is 3. The highest BCUT2D eigenvalue weighted by Gasteiger charge is 2.76. The molecule has 2 nitrogen and oxygen atoms in total. The van der Waals surface area contributed by atoms with Crippen molar-refractivity contribution >= 4 is 5.97 Å². The Morgan fingerprint density at radius 1 is 1.39 bits per heavy atom. The lowest BCUT2D eigenvalue weighted by Gasteiger charge is -2.19. The Morgan fingerprint density at radius 2 is 2.00 bits per heavy atom. The summed E-state index contributed by atoms with van der Waals surface area (Å²) in [6.07, 6.45) is -4.79. The smallest absolute Gasteiger partial charge is 0.405 e. The molecule has 0 amide bonds. The predicted molar refractivity (Wildman–Crippen MR) is 58.9 cm³/mol. The average Bonchev–Trinajstić information content (AvgIpc) is 3.06. The van der Waals surface area contributed by atoms with Crippen LogP contribution in [0.15, 0.2) is 30.3 Å². The summed E-state index contributed by atoms with van der Waals surface area (Å²) in [5, 5.41) is 0. The van der Waals surface area contributed by atoms with E-state index in [1.54, 1.807) is 30.3 Å². The van der Waals surface area contributed by atoms with Crippen molar-refractivity contribution in [2.75, 3.05) is 6.61 Å². The number of hydrogen-bond donors (Lipinski definition) is 0. The summed E-state index contributed by atoms with van der Waals surface area (Å²) in [5.41, 5.74) is -1.81. The molecule has 0 bridgehead atoms. The molecule has 1 aliphatic carbocycles. The molecule has 2 rings (SSSR count). The zero-order valence-electron chi connectivity index (χ0n) is 9.83. The van der Waals surface area contributed by atoms with Gasteiger partial charge in [0.1, 0.15) is 0 Å². The minimum absolute atomic E-state index is 0.0435. The second-order valence-electron chi connectivity index (χ2n) is 4.36. The van der Waals surface area contributed by atoms with Gasteiger partial charge in [-0.2, -0.15) is 13.2 Å². The Kier molecular flexibility index (Phi) is 3.09. The van der Waals surface area contributed by atoms with Crippen LogP contribution in [0.1, 0.15) is 24.8 Å². The van der Waals surface area contributed by atoms with Gasteiger partial charge in [0.05, 0.1) is 6.61 Å². The molecule has 0 heterocycles. The fraction of sp³-hybridized carbons (Fsp3) is 0.462. The maximum atomic E-state index is 13.1. The average molecular weight is 258 g/mol. The summed E-state index contributed by atoms with van der Waals surface area (Å²) in [4.78, 5) is 11.6. The van der Waals surface area contributed by atoms with Crippen LogP contribution in [0.5, 0.6) is 0 Å². The molecule has 1 saturated carbocycles. The number of hydrogen-bond acceptors (Lipinski definition) is 2. The lowest BCUT2D eigenvalue weighted by Crippen LogP contribution is -2.35. The van der Waals surface area contributed by atoms with Crippen molar-refractivity contribution in [2.45, 2.75) is 25.4 Å². The predicted octanol–water partition coefficient (Wildman–Crippen LogP) is 3.29. The standard InChI is InChI=1S/C13H13F3O2/c1-2-18-11(17)12(13(14,15)16)8-10(12)9-6-4-3-5-7-9/h3-7,10H,2,8H2,1H3/t10-,12+/m1/s1. The Balaban J connectivity index is 2.30. The van der Waals surface area contributed by atoms with Crippen molar-refractivity contribution in [3.05, 3.63) is 35.9 Å². The van der Waals surface area contributed by atoms with E-state index in [0.717, 1.165) is 0 Å². The maximum Gasteiger partial charge on any atom is 0.405 e. The molecule has 2 atom stereocenters. The van der Waals surface area contributed by atoms with Crippen LogP contribution in [0.3, 0.4) is 0 Å². The molecule has 1 aromatic carbocycles. The molecule has 0 aromatic heterocycles. The largest absolute Gasteiger partial charge is 0.465 e. The van der Waals surface area contributed by atoms with Crippen LogP contribution >= 0.6 is 0 Å². The Morgan fingerprint density at radius 3 is 2.50 bits per heavy atom. The van der Waals surface area contributed by atoms with Gasteiger partial charge in [0, 0.05) is 5.92 Å². The summed E-state index contributed by atoms with van der Waals surface area (Å²) in [6, 6.07) is 8.28. The van der Waals surface area contributed by atoms with Crippen LogP contribution in [-0.4, -0.2) is 18.8 Å². The van der Waals surface area contributed by atoms with Gasteiger partial charge in [0.2, 0.25) is 0 Å².